The molecule has 12 heavy (non-hydrogen) atoms. The van der Waals surface area contributed by atoms with E-state index in [1.54, 1.807) is 0 Å². The lowest BCUT2D eigenvalue weighted by Gasteiger charge is -2.26. The summed E-state index contributed by atoms with van der Waals surface area (Å²) in [6.07, 6.45) is 1.04. The fraction of sp³-hybridized carbons (Fsp3) is 1.00. The molecule has 76 valence electrons. The number of hydrogen-bond acceptors (Lipinski definition) is 2. The van der Waals surface area contributed by atoms with Crippen LogP contribution in [0.15, 0.2) is 0 Å². The predicted octanol–water partition coefficient (Wildman–Crippen LogP) is 2.13. The van der Waals surface area contributed by atoms with E-state index in [1.165, 1.54) is 0 Å². The van der Waals surface area contributed by atoms with Gasteiger partial charge in [0, 0.05) is 6.04 Å². The van der Waals surface area contributed by atoms with Gasteiger partial charge in [0.05, 0.1) is 6.61 Å². The summed E-state index contributed by atoms with van der Waals surface area (Å²) < 4.78 is 0. The van der Waals surface area contributed by atoms with Crippen LogP contribution in [0, 0.1) is 0 Å². The first-order chi connectivity index (χ1) is 5.79. The molecule has 1 unspecified atom stereocenters. The fourth-order valence-corrected chi connectivity index (χ4v) is 1.24. The van der Waals surface area contributed by atoms with Gasteiger partial charge >= 0.3 is 0 Å². The van der Waals surface area contributed by atoms with E-state index in [9.17, 15) is 0 Å². The number of likely N-dealkylation sites (N-methyl/N-ethyl adjacent to an activating group) is 1. The summed E-state index contributed by atoms with van der Waals surface area (Å²) in [7, 11) is 0. The standard InChI is InChI=1S/C8H19NO.C2H6/c1-4-8(7-10)9(5-2)6-3;1-2/h8,10H,4-7H2,1-3H3;1-2H3. The van der Waals surface area contributed by atoms with Gasteiger partial charge in [-0.25, -0.2) is 0 Å². The minimum Gasteiger partial charge on any atom is -0.395 e. The number of hydrogen-bond donors (Lipinski definition) is 1. The molecular formula is C10H25NO. The van der Waals surface area contributed by atoms with Crippen molar-refractivity contribution in [3.63, 3.8) is 0 Å². The number of aliphatic hydroxyl groups is 1. The van der Waals surface area contributed by atoms with Crippen molar-refractivity contribution in [1.29, 1.82) is 0 Å². The lowest BCUT2D eigenvalue weighted by atomic mass is 10.2. The van der Waals surface area contributed by atoms with Crippen LogP contribution in [0.4, 0.5) is 0 Å². The highest BCUT2D eigenvalue weighted by Crippen LogP contribution is 2.01. The van der Waals surface area contributed by atoms with Crippen molar-refractivity contribution in [2.45, 2.75) is 47.1 Å². The van der Waals surface area contributed by atoms with Gasteiger partial charge in [-0.15, -0.1) is 0 Å². The number of rotatable bonds is 5. The molecule has 1 atom stereocenters. The maximum Gasteiger partial charge on any atom is 0.0586 e. The SMILES string of the molecule is CC.CCC(CO)N(CC)CC. The quantitative estimate of drug-likeness (QED) is 0.692. The summed E-state index contributed by atoms with van der Waals surface area (Å²) in [4.78, 5) is 2.28. The zero-order valence-corrected chi connectivity index (χ0v) is 9.30. The summed E-state index contributed by atoms with van der Waals surface area (Å²) in [6, 6.07) is 0.370. The van der Waals surface area contributed by atoms with Crippen LogP contribution in [-0.2, 0) is 0 Å². The third-order valence-electron chi connectivity index (χ3n) is 2.01. The van der Waals surface area contributed by atoms with Crippen molar-refractivity contribution in [2.75, 3.05) is 19.7 Å². The van der Waals surface area contributed by atoms with Gasteiger partial charge < -0.3 is 5.11 Å². The first-order valence-electron chi connectivity index (χ1n) is 5.14. The number of aliphatic hydroxyl groups excluding tert-OH is 1. The highest BCUT2D eigenvalue weighted by Gasteiger charge is 2.10. The second-order valence-electron chi connectivity index (χ2n) is 2.47. The Bertz CT molecular complexity index is 58.2. The molecule has 0 saturated heterocycles. The molecule has 0 bridgehead atoms. The van der Waals surface area contributed by atoms with Gasteiger partial charge in [0.1, 0.15) is 0 Å². The molecule has 2 heteroatoms. The molecule has 0 amide bonds. The maximum absolute atomic E-state index is 8.92. The van der Waals surface area contributed by atoms with Crippen LogP contribution in [0.25, 0.3) is 0 Å². The maximum atomic E-state index is 8.92. The van der Waals surface area contributed by atoms with E-state index in [0.717, 1.165) is 19.5 Å². The van der Waals surface area contributed by atoms with E-state index < -0.39 is 0 Å². The van der Waals surface area contributed by atoms with E-state index in [4.69, 9.17) is 5.11 Å². The van der Waals surface area contributed by atoms with E-state index in [-0.39, 0.29) is 6.61 Å². The molecule has 0 fully saturated rings. The fourth-order valence-electron chi connectivity index (χ4n) is 1.24. The Kier molecular flexibility index (Phi) is 13.1. The first kappa shape index (κ1) is 14.4. The highest BCUT2D eigenvalue weighted by molar-refractivity contribution is 4.65. The molecule has 0 aromatic carbocycles. The molecule has 0 aromatic rings. The Morgan fingerprint density at radius 3 is 1.58 bits per heavy atom. The van der Waals surface area contributed by atoms with Crippen molar-refractivity contribution < 1.29 is 5.11 Å². The van der Waals surface area contributed by atoms with Gasteiger partial charge in [-0.3, -0.25) is 4.90 Å². The molecule has 0 aliphatic rings. The van der Waals surface area contributed by atoms with Crippen LogP contribution in [0.1, 0.15) is 41.0 Å². The topological polar surface area (TPSA) is 23.5 Å². The van der Waals surface area contributed by atoms with Gasteiger partial charge in [-0.05, 0) is 19.5 Å². The Morgan fingerprint density at radius 2 is 1.50 bits per heavy atom. The summed E-state index contributed by atoms with van der Waals surface area (Å²) in [5.74, 6) is 0. The largest absolute Gasteiger partial charge is 0.395 e. The predicted molar refractivity (Wildman–Crippen MR) is 55.4 cm³/mol. The Hall–Kier alpha value is -0.0800. The van der Waals surface area contributed by atoms with Crippen LogP contribution in [-0.4, -0.2) is 35.7 Å². The summed E-state index contributed by atoms with van der Waals surface area (Å²) >= 11 is 0. The normalized spacial score (nSPS) is 12.2. The van der Waals surface area contributed by atoms with Crippen LogP contribution in [0.3, 0.4) is 0 Å². The smallest absolute Gasteiger partial charge is 0.0586 e. The molecule has 0 rings (SSSR count). The third-order valence-corrected chi connectivity index (χ3v) is 2.01. The van der Waals surface area contributed by atoms with Crippen LogP contribution >= 0.6 is 0 Å². The lowest BCUT2D eigenvalue weighted by Crippen LogP contribution is -2.37. The van der Waals surface area contributed by atoms with Crippen molar-refractivity contribution in [1.82, 2.24) is 4.90 Å². The molecule has 2 nitrogen and oxygen atoms in total. The van der Waals surface area contributed by atoms with Crippen LogP contribution in [0.2, 0.25) is 0 Å². The van der Waals surface area contributed by atoms with Crippen LogP contribution < -0.4 is 0 Å². The minimum absolute atomic E-state index is 0.290. The van der Waals surface area contributed by atoms with E-state index in [1.807, 2.05) is 13.8 Å². The van der Waals surface area contributed by atoms with E-state index >= 15 is 0 Å². The van der Waals surface area contributed by atoms with E-state index in [0.29, 0.717) is 6.04 Å². The second kappa shape index (κ2) is 10.9. The molecule has 0 aliphatic carbocycles. The summed E-state index contributed by atoms with van der Waals surface area (Å²) in [5, 5.41) is 8.92. The summed E-state index contributed by atoms with van der Waals surface area (Å²) in [5.41, 5.74) is 0. The molecule has 0 radical (unpaired) electrons. The third kappa shape index (κ3) is 5.56. The van der Waals surface area contributed by atoms with Crippen molar-refractivity contribution in [3.05, 3.63) is 0 Å². The molecule has 0 aliphatic heterocycles. The molecule has 1 N–H and O–H groups in total. The van der Waals surface area contributed by atoms with Gasteiger partial charge in [-0.2, -0.15) is 0 Å². The number of nitrogens with zero attached hydrogens (tertiary/aromatic N) is 1. The zero-order chi connectivity index (χ0) is 9.98. The molecule has 0 spiro atoms. The Balaban J connectivity index is 0. The van der Waals surface area contributed by atoms with Gasteiger partial charge in [0.2, 0.25) is 0 Å². The average molecular weight is 175 g/mol. The van der Waals surface area contributed by atoms with Crippen molar-refractivity contribution in [2.24, 2.45) is 0 Å². The van der Waals surface area contributed by atoms with Gasteiger partial charge in [-0.1, -0.05) is 34.6 Å². The van der Waals surface area contributed by atoms with Gasteiger partial charge in [0.25, 0.3) is 0 Å². The van der Waals surface area contributed by atoms with Gasteiger partial charge in [0.15, 0.2) is 0 Å². The Labute approximate surface area is 77.6 Å². The van der Waals surface area contributed by atoms with E-state index in [2.05, 4.69) is 25.7 Å². The molecule has 0 aromatic heterocycles. The molecule has 0 saturated carbocycles. The minimum atomic E-state index is 0.290. The van der Waals surface area contributed by atoms with Crippen molar-refractivity contribution >= 4 is 0 Å². The first-order valence-corrected chi connectivity index (χ1v) is 5.14. The lowest BCUT2D eigenvalue weighted by molar-refractivity contribution is 0.130. The highest BCUT2D eigenvalue weighted by atomic mass is 16.3. The monoisotopic (exact) mass is 175 g/mol. The molecular weight excluding hydrogens is 150 g/mol. The average Bonchev–Trinajstić information content (AvgIpc) is 2.17. The summed E-state index contributed by atoms with van der Waals surface area (Å²) in [6.45, 7) is 12.7. The van der Waals surface area contributed by atoms with Crippen molar-refractivity contribution in [3.8, 4) is 0 Å². The zero-order valence-electron chi connectivity index (χ0n) is 9.30. The Morgan fingerprint density at radius 1 is 1.08 bits per heavy atom. The molecule has 0 heterocycles. The second-order valence-corrected chi connectivity index (χ2v) is 2.47. The van der Waals surface area contributed by atoms with Crippen LogP contribution in [0.5, 0.6) is 0 Å².